The van der Waals surface area contributed by atoms with Crippen molar-refractivity contribution in [1.29, 1.82) is 0 Å². The maximum absolute atomic E-state index is 13.0. The number of ether oxygens (including phenoxy) is 1. The van der Waals surface area contributed by atoms with Gasteiger partial charge in [0.25, 0.3) is 5.91 Å². The predicted molar refractivity (Wildman–Crippen MR) is 148 cm³/mol. The topological polar surface area (TPSA) is 135 Å². The smallest absolute Gasteiger partial charge is 0.322 e. The molecule has 0 aliphatic heterocycles. The number of methoxy groups -OCH3 is 1. The normalized spacial score (nSPS) is 12.5. The first-order valence-corrected chi connectivity index (χ1v) is 13.8. The molecule has 3 N–H and O–H groups in total. The van der Waals surface area contributed by atoms with Crippen LogP contribution >= 0.6 is 0 Å². The summed E-state index contributed by atoms with van der Waals surface area (Å²) in [6.07, 6.45) is 0. The van der Waals surface area contributed by atoms with Crippen molar-refractivity contribution in [2.45, 2.75) is 38.3 Å². The summed E-state index contributed by atoms with van der Waals surface area (Å²) in [6.45, 7) is 5.51. The van der Waals surface area contributed by atoms with Crippen LogP contribution in [0.3, 0.4) is 0 Å². The number of carboxylic acids is 1. The number of hydrogen-bond acceptors (Lipinski definition) is 6. The third-order valence-corrected chi connectivity index (χ3v) is 7.86. The molecule has 1 aromatic heterocycles. The van der Waals surface area contributed by atoms with Gasteiger partial charge in [-0.15, -0.1) is 0 Å². The van der Waals surface area contributed by atoms with Crippen molar-refractivity contribution in [1.82, 2.24) is 4.72 Å². The van der Waals surface area contributed by atoms with Crippen LogP contribution < -0.4 is 10.0 Å². The van der Waals surface area contributed by atoms with Crippen LogP contribution in [-0.4, -0.2) is 38.6 Å². The summed E-state index contributed by atoms with van der Waals surface area (Å²) in [5, 5.41) is 13.0. The van der Waals surface area contributed by atoms with E-state index in [2.05, 4.69) is 10.0 Å². The molecular formula is C29H30N2O7S. The zero-order chi connectivity index (χ0) is 28.3. The molecule has 0 unspecified atom stereocenters. The maximum Gasteiger partial charge on any atom is 0.322 e. The third-order valence-electron chi connectivity index (χ3n) is 6.40. The van der Waals surface area contributed by atoms with Gasteiger partial charge in [0.1, 0.15) is 11.6 Å². The molecule has 0 spiro atoms. The van der Waals surface area contributed by atoms with Gasteiger partial charge in [0.15, 0.2) is 5.76 Å². The number of fused-ring (bicyclic) bond motifs is 1. The monoisotopic (exact) mass is 550 g/mol. The van der Waals surface area contributed by atoms with Crippen molar-refractivity contribution in [2.24, 2.45) is 5.92 Å². The second-order valence-corrected chi connectivity index (χ2v) is 11.2. The number of sulfonamides is 1. The van der Waals surface area contributed by atoms with Crippen molar-refractivity contribution in [3.63, 3.8) is 0 Å². The van der Waals surface area contributed by atoms with E-state index in [1.54, 1.807) is 57.4 Å². The summed E-state index contributed by atoms with van der Waals surface area (Å²) in [7, 11) is -2.39. The molecule has 0 saturated heterocycles. The Bertz CT molecular complexity index is 1610. The minimum Gasteiger partial charge on any atom is -0.480 e. The minimum atomic E-state index is -4.01. The number of anilines is 1. The maximum atomic E-state index is 13.0. The van der Waals surface area contributed by atoms with Gasteiger partial charge >= 0.3 is 5.97 Å². The first kappa shape index (κ1) is 28.0. The van der Waals surface area contributed by atoms with Crippen LogP contribution in [0, 0.1) is 12.8 Å². The Morgan fingerprint density at radius 3 is 2.15 bits per heavy atom. The van der Waals surface area contributed by atoms with Gasteiger partial charge in [-0.1, -0.05) is 50.2 Å². The fraction of sp³-hybridized carbons (Fsp3) is 0.241. The third kappa shape index (κ3) is 6.03. The summed E-state index contributed by atoms with van der Waals surface area (Å²) in [6, 6.07) is 17.6. The highest BCUT2D eigenvalue weighted by molar-refractivity contribution is 7.89. The number of hydrogen-bond donors (Lipinski definition) is 3. The lowest BCUT2D eigenvalue weighted by atomic mass is 10.1. The van der Waals surface area contributed by atoms with E-state index in [4.69, 9.17) is 9.15 Å². The summed E-state index contributed by atoms with van der Waals surface area (Å²) >= 11 is 0. The van der Waals surface area contributed by atoms with E-state index in [1.807, 2.05) is 25.1 Å². The van der Waals surface area contributed by atoms with Crippen LogP contribution in [0.25, 0.3) is 22.1 Å². The lowest BCUT2D eigenvalue weighted by Crippen LogP contribution is -2.44. The van der Waals surface area contributed by atoms with Crippen LogP contribution in [0.1, 0.15) is 35.5 Å². The molecule has 4 aromatic rings. The van der Waals surface area contributed by atoms with Crippen LogP contribution in [0.4, 0.5) is 5.69 Å². The number of amides is 1. The Morgan fingerprint density at radius 1 is 0.974 bits per heavy atom. The number of benzene rings is 3. The number of nitrogens with one attached hydrogen (secondary N) is 2. The number of aliphatic carboxylic acids is 1. The van der Waals surface area contributed by atoms with Crippen LogP contribution in [0.2, 0.25) is 0 Å². The Hall–Kier alpha value is -3.99. The first-order chi connectivity index (χ1) is 18.5. The lowest BCUT2D eigenvalue weighted by molar-refractivity contribution is -0.140. The van der Waals surface area contributed by atoms with Crippen molar-refractivity contribution in [3.05, 3.63) is 83.6 Å². The van der Waals surface area contributed by atoms with E-state index in [9.17, 15) is 23.1 Å². The average molecular weight is 551 g/mol. The van der Waals surface area contributed by atoms with Crippen LogP contribution in [0.15, 0.2) is 76.0 Å². The Kier molecular flexibility index (Phi) is 8.19. The molecule has 9 nitrogen and oxygen atoms in total. The SMILES string of the molecule is COCc1cccc2oc(C(=O)Nc3ccc(-c4ccc(S(=O)(=O)N[C@H](C(=O)O)C(C)C)cc4)cc3)c(C)c12. The molecule has 0 saturated carbocycles. The number of carboxylic acid groups (broad SMARTS) is 1. The standard InChI is InChI=1S/C29H30N2O7S/c1-17(2)26(29(33)34)31-39(35,36)23-14-10-20(11-15-23)19-8-12-22(13-9-19)30-28(32)27-18(3)25-21(16-37-4)6-5-7-24(25)38-27/h5-15,17,26,31H,16H2,1-4H3,(H,30,32)(H,33,34)/t26-/m0/s1. The molecule has 204 valence electrons. The van der Waals surface area contributed by atoms with Crippen molar-refractivity contribution < 1.29 is 32.3 Å². The molecule has 0 fully saturated rings. The van der Waals surface area contributed by atoms with Crippen molar-refractivity contribution in [3.8, 4) is 11.1 Å². The second-order valence-electron chi connectivity index (χ2n) is 9.52. The molecule has 3 aromatic carbocycles. The highest BCUT2D eigenvalue weighted by Gasteiger charge is 2.28. The fourth-order valence-electron chi connectivity index (χ4n) is 4.35. The fourth-order valence-corrected chi connectivity index (χ4v) is 5.68. The van der Waals surface area contributed by atoms with E-state index < -0.39 is 28.0 Å². The predicted octanol–water partition coefficient (Wildman–Crippen LogP) is 5.19. The molecule has 10 heteroatoms. The van der Waals surface area contributed by atoms with E-state index in [1.165, 1.54) is 12.1 Å². The zero-order valence-electron chi connectivity index (χ0n) is 22.0. The van der Waals surface area contributed by atoms with Crippen LogP contribution in [0.5, 0.6) is 0 Å². The molecule has 0 radical (unpaired) electrons. The summed E-state index contributed by atoms with van der Waals surface area (Å²) in [5.74, 6) is -1.79. The number of rotatable bonds is 10. The van der Waals surface area contributed by atoms with Gasteiger partial charge in [0.05, 0.1) is 11.5 Å². The van der Waals surface area contributed by atoms with Gasteiger partial charge in [-0.2, -0.15) is 4.72 Å². The van der Waals surface area contributed by atoms with Gasteiger partial charge in [-0.25, -0.2) is 8.42 Å². The number of carbonyl (C=O) groups is 2. The lowest BCUT2D eigenvalue weighted by Gasteiger charge is -2.18. The minimum absolute atomic E-state index is 0.0307. The number of aryl methyl sites for hydroxylation is 1. The average Bonchev–Trinajstić information content (AvgIpc) is 3.25. The number of furan rings is 1. The second kappa shape index (κ2) is 11.4. The van der Waals surface area contributed by atoms with Gasteiger partial charge in [-0.05, 0) is 59.9 Å². The van der Waals surface area contributed by atoms with Gasteiger partial charge in [-0.3, -0.25) is 9.59 Å². The largest absolute Gasteiger partial charge is 0.480 e. The quantitative estimate of drug-likeness (QED) is 0.247. The number of carbonyl (C=O) groups excluding carboxylic acids is 1. The summed E-state index contributed by atoms with van der Waals surface area (Å²) < 4.78 is 38.7. The Labute approximate surface area is 226 Å². The molecule has 39 heavy (non-hydrogen) atoms. The van der Waals surface area contributed by atoms with Gasteiger partial charge in [0, 0.05) is 23.7 Å². The van der Waals surface area contributed by atoms with E-state index in [0.29, 0.717) is 17.9 Å². The summed E-state index contributed by atoms with van der Waals surface area (Å²) in [4.78, 5) is 24.4. The summed E-state index contributed by atoms with van der Waals surface area (Å²) in [5.41, 5.74) is 4.42. The molecular weight excluding hydrogens is 520 g/mol. The zero-order valence-corrected chi connectivity index (χ0v) is 22.8. The molecule has 0 aliphatic carbocycles. The Morgan fingerprint density at radius 2 is 1.59 bits per heavy atom. The van der Waals surface area contributed by atoms with Gasteiger partial charge < -0.3 is 19.6 Å². The highest BCUT2D eigenvalue weighted by Crippen LogP contribution is 2.30. The molecule has 1 heterocycles. The Balaban J connectivity index is 1.48. The molecule has 1 amide bonds. The highest BCUT2D eigenvalue weighted by atomic mass is 32.2. The molecule has 0 bridgehead atoms. The van der Waals surface area contributed by atoms with E-state index >= 15 is 0 Å². The van der Waals surface area contributed by atoms with Crippen molar-refractivity contribution >= 4 is 38.6 Å². The van der Waals surface area contributed by atoms with Crippen LogP contribution in [-0.2, 0) is 26.2 Å². The van der Waals surface area contributed by atoms with E-state index in [0.717, 1.165) is 27.6 Å². The first-order valence-electron chi connectivity index (χ1n) is 12.3. The molecule has 4 rings (SSSR count). The van der Waals surface area contributed by atoms with Gasteiger partial charge in [0.2, 0.25) is 10.0 Å². The van der Waals surface area contributed by atoms with Crippen molar-refractivity contribution in [2.75, 3.05) is 12.4 Å². The molecule has 0 aliphatic rings. The van der Waals surface area contributed by atoms with E-state index in [-0.39, 0.29) is 16.6 Å². The molecule has 1 atom stereocenters.